The van der Waals surface area contributed by atoms with E-state index in [1.165, 1.54) is 6.07 Å². The van der Waals surface area contributed by atoms with Crippen molar-refractivity contribution in [1.82, 2.24) is 0 Å². The molecule has 104 valence electrons. The average molecular weight is 273 g/mol. The lowest BCUT2D eigenvalue weighted by atomic mass is 10.1. The highest BCUT2D eigenvalue weighted by Gasteiger charge is 2.37. The van der Waals surface area contributed by atoms with Crippen LogP contribution in [0, 0.1) is 12.8 Å². The van der Waals surface area contributed by atoms with Crippen molar-refractivity contribution in [2.45, 2.75) is 32.0 Å². The van der Waals surface area contributed by atoms with Crippen LogP contribution in [-0.2, 0) is 11.0 Å². The molecule has 2 rings (SSSR count). The second-order valence-corrected chi connectivity index (χ2v) is 4.83. The zero-order valence-electron chi connectivity index (χ0n) is 10.3. The fraction of sp³-hybridized carbons (Fsp3) is 0.462. The van der Waals surface area contributed by atoms with Gasteiger partial charge in [0.2, 0.25) is 0 Å². The Morgan fingerprint density at radius 1 is 1.42 bits per heavy atom. The van der Waals surface area contributed by atoms with Gasteiger partial charge in [0.15, 0.2) is 0 Å². The molecule has 1 aromatic carbocycles. The summed E-state index contributed by atoms with van der Waals surface area (Å²) in [5.74, 6) is -1.02. The van der Waals surface area contributed by atoms with Crippen LogP contribution in [-0.4, -0.2) is 17.1 Å². The summed E-state index contributed by atoms with van der Waals surface area (Å²) in [5.41, 5.74) is 0.0505. The molecule has 6 heteroatoms. The lowest BCUT2D eigenvalue weighted by molar-refractivity contribution is -0.138. The Kier molecular flexibility index (Phi) is 3.43. The summed E-state index contributed by atoms with van der Waals surface area (Å²) in [7, 11) is 0. The molecule has 0 amide bonds. The fourth-order valence-corrected chi connectivity index (χ4v) is 1.93. The maximum Gasteiger partial charge on any atom is 0.416 e. The molecule has 3 nitrogen and oxygen atoms in total. The summed E-state index contributed by atoms with van der Waals surface area (Å²) in [4.78, 5) is 11.1. The molecule has 1 saturated carbocycles. The molecule has 0 bridgehead atoms. The van der Waals surface area contributed by atoms with Gasteiger partial charge in [-0.3, -0.25) is 0 Å². The molecule has 1 aliphatic carbocycles. The van der Waals surface area contributed by atoms with E-state index < -0.39 is 23.8 Å². The Labute approximate surface area is 108 Å². The third kappa shape index (κ3) is 3.19. The maximum absolute atomic E-state index is 12.6. The summed E-state index contributed by atoms with van der Waals surface area (Å²) in [6, 6.07) is 2.49. The van der Waals surface area contributed by atoms with Gasteiger partial charge in [-0.25, -0.2) is 4.79 Å². The number of anilines is 1. The van der Waals surface area contributed by atoms with E-state index in [2.05, 4.69) is 5.32 Å². The second kappa shape index (κ2) is 4.75. The van der Waals surface area contributed by atoms with Crippen LogP contribution in [0.25, 0.3) is 0 Å². The molecular formula is C13H14F3NO2. The van der Waals surface area contributed by atoms with Crippen molar-refractivity contribution in [2.24, 2.45) is 5.92 Å². The number of carbonyl (C=O) groups is 1. The Morgan fingerprint density at radius 3 is 2.53 bits per heavy atom. The largest absolute Gasteiger partial charge is 0.480 e. The molecule has 0 spiro atoms. The van der Waals surface area contributed by atoms with Gasteiger partial charge in [-0.1, -0.05) is 6.07 Å². The fourth-order valence-electron chi connectivity index (χ4n) is 1.93. The summed E-state index contributed by atoms with van der Waals surface area (Å²) >= 11 is 0. The van der Waals surface area contributed by atoms with Gasteiger partial charge in [-0.05, 0) is 43.4 Å². The van der Waals surface area contributed by atoms with Crippen LogP contribution in [0.5, 0.6) is 0 Å². The molecule has 19 heavy (non-hydrogen) atoms. The summed E-state index contributed by atoms with van der Waals surface area (Å²) in [6.07, 6.45) is -2.84. The molecule has 1 aromatic rings. The predicted molar refractivity (Wildman–Crippen MR) is 64.0 cm³/mol. The first-order chi connectivity index (χ1) is 8.79. The minimum Gasteiger partial charge on any atom is -0.480 e. The van der Waals surface area contributed by atoms with Gasteiger partial charge in [0.1, 0.15) is 6.04 Å². The zero-order valence-corrected chi connectivity index (χ0v) is 10.3. The van der Waals surface area contributed by atoms with Gasteiger partial charge >= 0.3 is 12.1 Å². The summed E-state index contributed by atoms with van der Waals surface area (Å²) in [5, 5.41) is 11.8. The monoisotopic (exact) mass is 273 g/mol. The van der Waals surface area contributed by atoms with Crippen molar-refractivity contribution in [3.63, 3.8) is 0 Å². The number of carboxylic acid groups (broad SMARTS) is 1. The molecule has 0 aliphatic heterocycles. The highest BCUT2D eigenvalue weighted by atomic mass is 19.4. The third-order valence-electron chi connectivity index (χ3n) is 3.24. The van der Waals surface area contributed by atoms with E-state index in [1.54, 1.807) is 6.92 Å². The summed E-state index contributed by atoms with van der Waals surface area (Å²) < 4.78 is 37.9. The van der Waals surface area contributed by atoms with E-state index in [9.17, 15) is 18.0 Å². The Balaban J connectivity index is 2.25. The lowest BCUT2D eigenvalue weighted by Crippen LogP contribution is -2.31. The van der Waals surface area contributed by atoms with Gasteiger partial charge in [0.05, 0.1) is 5.56 Å². The van der Waals surface area contributed by atoms with Gasteiger partial charge in [-0.2, -0.15) is 13.2 Å². The number of benzene rings is 1. The number of nitrogens with one attached hydrogen (secondary N) is 1. The standard InChI is InChI=1S/C13H14F3NO2/c1-7-2-5-9(13(14,15)16)6-10(7)17-11(12(18)19)8-3-4-8/h2,5-6,8,11,17H,3-4H2,1H3,(H,18,19). The van der Waals surface area contributed by atoms with E-state index in [4.69, 9.17) is 5.11 Å². The molecule has 1 atom stereocenters. The second-order valence-electron chi connectivity index (χ2n) is 4.83. The zero-order chi connectivity index (χ0) is 14.2. The van der Waals surface area contributed by atoms with Crippen molar-refractivity contribution in [3.05, 3.63) is 29.3 Å². The molecule has 0 aromatic heterocycles. The first-order valence-electron chi connectivity index (χ1n) is 5.96. The minimum atomic E-state index is -4.43. The Bertz CT molecular complexity index is 495. The SMILES string of the molecule is Cc1ccc(C(F)(F)F)cc1NC(C(=O)O)C1CC1. The normalized spacial score (nSPS) is 17.1. The number of alkyl halides is 3. The quantitative estimate of drug-likeness (QED) is 0.885. The number of aryl methyl sites for hydroxylation is 1. The van der Waals surface area contributed by atoms with Crippen molar-refractivity contribution >= 4 is 11.7 Å². The van der Waals surface area contributed by atoms with E-state index in [0.29, 0.717) is 5.56 Å². The number of halogens is 3. The lowest BCUT2D eigenvalue weighted by Gasteiger charge is -2.18. The number of rotatable bonds is 4. The molecular weight excluding hydrogens is 259 g/mol. The van der Waals surface area contributed by atoms with Crippen molar-refractivity contribution in [2.75, 3.05) is 5.32 Å². The molecule has 1 unspecified atom stereocenters. The van der Waals surface area contributed by atoms with Gasteiger partial charge in [0.25, 0.3) is 0 Å². The smallest absolute Gasteiger partial charge is 0.416 e. The van der Waals surface area contributed by atoms with Gasteiger partial charge in [-0.15, -0.1) is 0 Å². The van der Waals surface area contributed by atoms with Crippen molar-refractivity contribution in [3.8, 4) is 0 Å². The topological polar surface area (TPSA) is 49.3 Å². The molecule has 0 radical (unpaired) electrons. The van der Waals surface area contributed by atoms with Crippen LogP contribution in [0.1, 0.15) is 24.0 Å². The number of aliphatic carboxylic acids is 1. The van der Waals surface area contributed by atoms with Crippen molar-refractivity contribution < 1.29 is 23.1 Å². The van der Waals surface area contributed by atoms with Crippen LogP contribution in [0.2, 0.25) is 0 Å². The van der Waals surface area contributed by atoms with Crippen LogP contribution >= 0.6 is 0 Å². The van der Waals surface area contributed by atoms with Crippen LogP contribution in [0.3, 0.4) is 0 Å². The van der Waals surface area contributed by atoms with Crippen molar-refractivity contribution in [1.29, 1.82) is 0 Å². The molecule has 1 fully saturated rings. The number of carboxylic acids is 1. The molecule has 2 N–H and O–H groups in total. The average Bonchev–Trinajstić information content (AvgIpc) is 3.09. The van der Waals surface area contributed by atoms with E-state index in [1.807, 2.05) is 0 Å². The minimum absolute atomic E-state index is 0.00597. The predicted octanol–water partition coefficient (Wildman–Crippen LogP) is 3.29. The third-order valence-corrected chi connectivity index (χ3v) is 3.24. The highest BCUT2D eigenvalue weighted by molar-refractivity contribution is 5.78. The molecule has 0 saturated heterocycles. The van der Waals surface area contributed by atoms with E-state index in [-0.39, 0.29) is 11.6 Å². The van der Waals surface area contributed by atoms with E-state index >= 15 is 0 Å². The first kappa shape index (κ1) is 13.7. The van der Waals surface area contributed by atoms with Gasteiger partial charge in [0, 0.05) is 5.69 Å². The van der Waals surface area contributed by atoms with E-state index in [0.717, 1.165) is 25.0 Å². The molecule has 0 heterocycles. The number of hydrogen-bond donors (Lipinski definition) is 2. The number of hydrogen-bond acceptors (Lipinski definition) is 2. The highest BCUT2D eigenvalue weighted by Crippen LogP contribution is 2.36. The summed E-state index contributed by atoms with van der Waals surface area (Å²) in [6.45, 7) is 1.65. The Hall–Kier alpha value is -1.72. The van der Waals surface area contributed by atoms with Crippen LogP contribution < -0.4 is 5.32 Å². The maximum atomic E-state index is 12.6. The first-order valence-corrected chi connectivity index (χ1v) is 5.96. The Morgan fingerprint density at radius 2 is 2.05 bits per heavy atom. The molecule has 1 aliphatic rings. The van der Waals surface area contributed by atoms with Gasteiger partial charge < -0.3 is 10.4 Å². The van der Waals surface area contributed by atoms with Crippen LogP contribution in [0.4, 0.5) is 18.9 Å². The van der Waals surface area contributed by atoms with Crippen LogP contribution in [0.15, 0.2) is 18.2 Å².